The molecule has 0 radical (unpaired) electrons. The Hall–Kier alpha value is -1.04. The van der Waals surface area contributed by atoms with Gasteiger partial charge in [0.05, 0.1) is 19.3 Å². The first kappa shape index (κ1) is 11.4. The highest BCUT2D eigenvalue weighted by Gasteiger charge is 2.17. The third-order valence-corrected chi connectivity index (χ3v) is 3.63. The summed E-state index contributed by atoms with van der Waals surface area (Å²) in [4.78, 5) is 4.48. The monoisotopic (exact) mass is 239 g/mol. The number of aromatic nitrogens is 3. The van der Waals surface area contributed by atoms with E-state index >= 15 is 0 Å². The summed E-state index contributed by atoms with van der Waals surface area (Å²) >= 11 is 1.87. The van der Waals surface area contributed by atoms with Crippen molar-refractivity contribution in [3.63, 3.8) is 0 Å². The number of hydrogen-bond acceptors (Lipinski definition) is 5. The van der Waals surface area contributed by atoms with E-state index in [2.05, 4.69) is 27.5 Å². The average molecular weight is 239 g/mol. The van der Waals surface area contributed by atoms with Gasteiger partial charge in [-0.25, -0.2) is 0 Å². The van der Waals surface area contributed by atoms with Gasteiger partial charge in [0.15, 0.2) is 5.17 Å². The number of amidine groups is 1. The molecular weight excluding hydrogens is 222 g/mol. The van der Waals surface area contributed by atoms with E-state index in [0.29, 0.717) is 5.25 Å². The Balaban J connectivity index is 1.64. The Labute approximate surface area is 99.7 Å². The van der Waals surface area contributed by atoms with E-state index in [9.17, 15) is 0 Å². The van der Waals surface area contributed by atoms with Gasteiger partial charge in [-0.3, -0.25) is 9.67 Å². The van der Waals surface area contributed by atoms with E-state index in [-0.39, 0.29) is 0 Å². The number of nitrogens with one attached hydrogen (secondary N) is 1. The number of aliphatic imine (C=N–C) groups is 1. The molecular formula is C10H17N5S. The van der Waals surface area contributed by atoms with Crippen LogP contribution in [0.3, 0.4) is 0 Å². The third-order valence-electron chi connectivity index (χ3n) is 2.42. The van der Waals surface area contributed by atoms with Gasteiger partial charge in [0.25, 0.3) is 0 Å². The van der Waals surface area contributed by atoms with Gasteiger partial charge in [-0.2, -0.15) is 0 Å². The van der Waals surface area contributed by atoms with Gasteiger partial charge in [0.1, 0.15) is 0 Å². The maximum Gasteiger partial charge on any atom is 0.156 e. The van der Waals surface area contributed by atoms with E-state index in [1.54, 1.807) is 6.20 Å². The highest BCUT2D eigenvalue weighted by molar-refractivity contribution is 8.14. The Bertz CT molecular complexity index is 335. The summed E-state index contributed by atoms with van der Waals surface area (Å²) in [7, 11) is 0. The van der Waals surface area contributed by atoms with Gasteiger partial charge in [-0.1, -0.05) is 30.3 Å². The van der Waals surface area contributed by atoms with Gasteiger partial charge in [-0.15, -0.1) is 5.10 Å². The predicted molar refractivity (Wildman–Crippen MR) is 66.6 cm³/mol. The van der Waals surface area contributed by atoms with Crippen molar-refractivity contribution in [1.82, 2.24) is 20.3 Å². The summed E-state index contributed by atoms with van der Waals surface area (Å²) < 4.78 is 1.82. The first-order valence-corrected chi connectivity index (χ1v) is 6.55. The van der Waals surface area contributed by atoms with Gasteiger partial charge >= 0.3 is 0 Å². The number of hydrogen-bond donors (Lipinski definition) is 1. The molecule has 0 amide bonds. The summed E-state index contributed by atoms with van der Waals surface area (Å²) in [5, 5.41) is 12.8. The molecule has 6 heteroatoms. The van der Waals surface area contributed by atoms with Crippen molar-refractivity contribution in [2.75, 3.05) is 13.1 Å². The summed E-state index contributed by atoms with van der Waals surface area (Å²) in [5.74, 6) is 0. The van der Waals surface area contributed by atoms with Crippen LogP contribution in [0, 0.1) is 0 Å². The molecule has 0 aliphatic carbocycles. The smallest absolute Gasteiger partial charge is 0.156 e. The second-order valence-electron chi connectivity index (χ2n) is 3.77. The van der Waals surface area contributed by atoms with Crippen molar-refractivity contribution >= 4 is 16.9 Å². The lowest BCUT2D eigenvalue weighted by Gasteiger charge is -2.07. The number of rotatable bonds is 5. The molecule has 5 nitrogen and oxygen atoms in total. The van der Waals surface area contributed by atoms with E-state index in [1.165, 1.54) is 12.8 Å². The molecule has 1 N–H and O–H groups in total. The minimum absolute atomic E-state index is 0.680. The minimum Gasteiger partial charge on any atom is -0.363 e. The Kier molecular flexibility index (Phi) is 4.21. The van der Waals surface area contributed by atoms with E-state index in [4.69, 9.17) is 0 Å². The van der Waals surface area contributed by atoms with Crippen LogP contribution in [0.1, 0.15) is 19.8 Å². The molecule has 0 spiro atoms. The zero-order valence-electron chi connectivity index (χ0n) is 9.46. The molecule has 2 heterocycles. The Morgan fingerprint density at radius 2 is 2.56 bits per heavy atom. The molecule has 0 bridgehead atoms. The van der Waals surface area contributed by atoms with Crippen molar-refractivity contribution in [1.29, 1.82) is 0 Å². The molecule has 1 aromatic heterocycles. The second-order valence-corrected chi connectivity index (χ2v) is 5.06. The van der Waals surface area contributed by atoms with Crippen molar-refractivity contribution in [2.24, 2.45) is 4.99 Å². The van der Waals surface area contributed by atoms with Crippen LogP contribution in [-0.4, -0.2) is 38.5 Å². The third kappa shape index (κ3) is 3.23. The average Bonchev–Trinajstić information content (AvgIpc) is 2.90. The summed E-state index contributed by atoms with van der Waals surface area (Å²) in [6.07, 6.45) is 6.05. The zero-order valence-corrected chi connectivity index (χ0v) is 10.3. The van der Waals surface area contributed by atoms with Crippen LogP contribution in [0.15, 0.2) is 17.4 Å². The van der Waals surface area contributed by atoms with Crippen molar-refractivity contribution in [3.8, 4) is 0 Å². The molecule has 1 atom stereocenters. The second kappa shape index (κ2) is 5.89. The molecule has 0 saturated carbocycles. The fourth-order valence-electron chi connectivity index (χ4n) is 1.62. The van der Waals surface area contributed by atoms with E-state index in [1.807, 2.05) is 22.6 Å². The van der Waals surface area contributed by atoms with E-state index in [0.717, 1.165) is 24.8 Å². The zero-order chi connectivity index (χ0) is 11.2. The van der Waals surface area contributed by atoms with Crippen LogP contribution in [0.5, 0.6) is 0 Å². The Morgan fingerprint density at radius 1 is 1.62 bits per heavy atom. The first-order chi connectivity index (χ1) is 7.88. The lowest BCUT2D eigenvalue weighted by Crippen LogP contribution is -2.24. The quantitative estimate of drug-likeness (QED) is 0.837. The molecule has 2 rings (SSSR count). The first-order valence-electron chi connectivity index (χ1n) is 5.67. The molecule has 0 aromatic carbocycles. The van der Waals surface area contributed by atoms with Crippen LogP contribution in [0.25, 0.3) is 0 Å². The molecule has 1 aromatic rings. The SMILES string of the molecule is CCCC1CN=C(NCCn2ccnn2)S1. The predicted octanol–water partition coefficient (Wildman–Crippen LogP) is 1.14. The van der Waals surface area contributed by atoms with Crippen LogP contribution < -0.4 is 5.32 Å². The van der Waals surface area contributed by atoms with Crippen LogP contribution in [0.4, 0.5) is 0 Å². The summed E-state index contributed by atoms with van der Waals surface area (Å²) in [6.45, 7) is 4.87. The molecule has 88 valence electrons. The molecule has 1 unspecified atom stereocenters. The van der Waals surface area contributed by atoms with Crippen molar-refractivity contribution < 1.29 is 0 Å². The Morgan fingerprint density at radius 3 is 3.31 bits per heavy atom. The minimum atomic E-state index is 0.680. The highest BCUT2D eigenvalue weighted by Crippen LogP contribution is 2.23. The highest BCUT2D eigenvalue weighted by atomic mass is 32.2. The molecule has 1 aliphatic rings. The van der Waals surface area contributed by atoms with E-state index < -0.39 is 0 Å². The van der Waals surface area contributed by atoms with Gasteiger partial charge in [0, 0.05) is 18.0 Å². The van der Waals surface area contributed by atoms with Crippen LogP contribution in [-0.2, 0) is 6.54 Å². The topological polar surface area (TPSA) is 55.1 Å². The fraction of sp³-hybridized carbons (Fsp3) is 0.700. The van der Waals surface area contributed by atoms with Gasteiger partial charge < -0.3 is 5.32 Å². The molecule has 0 fully saturated rings. The van der Waals surface area contributed by atoms with Crippen molar-refractivity contribution in [3.05, 3.63) is 12.4 Å². The standard InChI is InChI=1S/C10H17N5S/c1-2-3-9-8-12-10(16-9)11-4-6-15-7-5-13-14-15/h5,7,9H,2-4,6,8H2,1H3,(H,11,12). The maximum absolute atomic E-state index is 4.48. The largest absolute Gasteiger partial charge is 0.363 e. The van der Waals surface area contributed by atoms with Crippen LogP contribution in [0.2, 0.25) is 0 Å². The normalized spacial score (nSPS) is 19.8. The summed E-state index contributed by atoms with van der Waals surface area (Å²) in [5.41, 5.74) is 0. The fourth-order valence-corrected chi connectivity index (χ4v) is 2.77. The number of nitrogens with zero attached hydrogens (tertiary/aromatic N) is 4. The lowest BCUT2D eigenvalue weighted by atomic mass is 10.2. The maximum atomic E-state index is 4.48. The van der Waals surface area contributed by atoms with Gasteiger partial charge in [-0.05, 0) is 6.42 Å². The lowest BCUT2D eigenvalue weighted by molar-refractivity contribution is 0.581. The molecule has 1 aliphatic heterocycles. The molecule has 16 heavy (non-hydrogen) atoms. The number of thioether (sulfide) groups is 1. The van der Waals surface area contributed by atoms with Crippen molar-refractivity contribution in [2.45, 2.75) is 31.6 Å². The van der Waals surface area contributed by atoms with Gasteiger partial charge in [0.2, 0.25) is 0 Å². The molecule has 0 saturated heterocycles. The van der Waals surface area contributed by atoms with Crippen LogP contribution >= 0.6 is 11.8 Å². The summed E-state index contributed by atoms with van der Waals surface area (Å²) in [6, 6.07) is 0.